The molecule has 7 heteroatoms. The molecule has 2 aromatic carbocycles. The van der Waals surface area contributed by atoms with Crippen LogP contribution in [-0.2, 0) is 19.1 Å². The average molecular weight is 389 g/mol. The van der Waals surface area contributed by atoms with Crippen LogP contribution in [0.25, 0.3) is 0 Å². The number of hydrogen-bond acceptors (Lipinski definition) is 4. The highest BCUT2D eigenvalue weighted by molar-refractivity contribution is 6.33. The summed E-state index contributed by atoms with van der Waals surface area (Å²) in [5.41, 5.74) is 3.08. The molecular formula is C20H21ClN2O4. The molecule has 0 fully saturated rings. The quantitative estimate of drug-likeness (QED) is 0.705. The molecule has 0 bridgehead atoms. The summed E-state index contributed by atoms with van der Waals surface area (Å²) >= 11 is 5.94. The first-order chi connectivity index (χ1) is 12.9. The molecule has 2 aromatic rings. The van der Waals surface area contributed by atoms with E-state index >= 15 is 0 Å². The molecule has 27 heavy (non-hydrogen) atoms. The molecule has 0 radical (unpaired) electrons. The minimum Gasteiger partial charge on any atom is -0.456 e. The van der Waals surface area contributed by atoms with Crippen LogP contribution in [0.15, 0.2) is 42.5 Å². The smallest absolute Gasteiger partial charge is 0.306 e. The van der Waals surface area contributed by atoms with Crippen LogP contribution in [0.4, 0.5) is 11.4 Å². The van der Waals surface area contributed by atoms with E-state index in [2.05, 4.69) is 10.6 Å². The standard InChI is InChI=1S/C20H21ClN2O4/c1-13-6-5-7-14(2)20(13)23-17(24)10-11-19(26)27-12-18(25)22-16-9-4-3-8-15(16)21/h3-9H,10-12H2,1-2H3,(H,22,25)(H,23,24). The lowest BCUT2D eigenvalue weighted by Crippen LogP contribution is -2.22. The number of amides is 2. The Morgan fingerprint density at radius 1 is 0.889 bits per heavy atom. The Balaban J connectivity index is 1.73. The Morgan fingerprint density at radius 3 is 2.22 bits per heavy atom. The van der Waals surface area contributed by atoms with Crippen molar-refractivity contribution in [3.05, 3.63) is 58.6 Å². The van der Waals surface area contributed by atoms with E-state index in [9.17, 15) is 14.4 Å². The second-order valence-corrected chi connectivity index (χ2v) is 6.41. The number of carbonyl (C=O) groups is 3. The second kappa shape index (κ2) is 9.73. The van der Waals surface area contributed by atoms with Crippen LogP contribution in [-0.4, -0.2) is 24.4 Å². The topological polar surface area (TPSA) is 84.5 Å². The van der Waals surface area contributed by atoms with Gasteiger partial charge in [0.25, 0.3) is 5.91 Å². The number of esters is 1. The minimum absolute atomic E-state index is 0.0290. The predicted octanol–water partition coefficient (Wildman–Crippen LogP) is 3.86. The Morgan fingerprint density at radius 2 is 1.56 bits per heavy atom. The summed E-state index contributed by atoms with van der Waals surface area (Å²) in [6.45, 7) is 3.35. The normalized spacial score (nSPS) is 10.2. The van der Waals surface area contributed by atoms with E-state index in [1.54, 1.807) is 24.3 Å². The van der Waals surface area contributed by atoms with Gasteiger partial charge >= 0.3 is 5.97 Å². The Bertz CT molecular complexity index is 831. The molecule has 0 aliphatic heterocycles. The van der Waals surface area contributed by atoms with Crippen LogP contribution in [0.2, 0.25) is 5.02 Å². The summed E-state index contributed by atoms with van der Waals surface area (Å²) < 4.78 is 4.89. The molecule has 2 N–H and O–H groups in total. The van der Waals surface area contributed by atoms with Gasteiger partial charge in [0.2, 0.25) is 5.91 Å². The van der Waals surface area contributed by atoms with E-state index < -0.39 is 18.5 Å². The van der Waals surface area contributed by atoms with Crippen LogP contribution in [0.3, 0.4) is 0 Å². The molecule has 0 aliphatic rings. The van der Waals surface area contributed by atoms with Gasteiger partial charge in [-0.3, -0.25) is 14.4 Å². The number of nitrogens with one attached hydrogen (secondary N) is 2. The lowest BCUT2D eigenvalue weighted by atomic mass is 10.1. The zero-order valence-corrected chi connectivity index (χ0v) is 15.9. The van der Waals surface area contributed by atoms with Gasteiger partial charge in [-0.05, 0) is 37.1 Å². The fourth-order valence-corrected chi connectivity index (χ4v) is 2.58. The van der Waals surface area contributed by atoms with E-state index in [-0.39, 0.29) is 18.7 Å². The number of para-hydroxylation sites is 2. The monoisotopic (exact) mass is 388 g/mol. The van der Waals surface area contributed by atoms with E-state index in [0.29, 0.717) is 10.7 Å². The summed E-state index contributed by atoms with van der Waals surface area (Å²) in [6, 6.07) is 12.4. The Labute approximate surface area is 162 Å². The first-order valence-electron chi connectivity index (χ1n) is 8.43. The van der Waals surface area contributed by atoms with Gasteiger partial charge in [0.05, 0.1) is 17.1 Å². The highest BCUT2D eigenvalue weighted by atomic mass is 35.5. The molecule has 0 heterocycles. The summed E-state index contributed by atoms with van der Waals surface area (Å²) in [5, 5.41) is 5.73. The van der Waals surface area contributed by atoms with Crippen molar-refractivity contribution in [2.24, 2.45) is 0 Å². The zero-order valence-electron chi connectivity index (χ0n) is 15.2. The average Bonchev–Trinajstić information content (AvgIpc) is 2.63. The van der Waals surface area contributed by atoms with Crippen LogP contribution < -0.4 is 10.6 Å². The zero-order chi connectivity index (χ0) is 19.8. The summed E-state index contributed by atoms with van der Waals surface area (Å²) in [4.78, 5) is 35.6. The molecule has 0 atom stereocenters. The summed E-state index contributed by atoms with van der Waals surface area (Å²) in [5.74, 6) is -1.41. The van der Waals surface area contributed by atoms with Gasteiger partial charge in [-0.1, -0.05) is 41.9 Å². The third-order valence-corrected chi connectivity index (χ3v) is 4.14. The number of rotatable bonds is 7. The number of aryl methyl sites for hydroxylation is 2. The van der Waals surface area contributed by atoms with Gasteiger partial charge < -0.3 is 15.4 Å². The number of hydrogen-bond donors (Lipinski definition) is 2. The first-order valence-corrected chi connectivity index (χ1v) is 8.80. The third kappa shape index (κ3) is 6.42. The van der Waals surface area contributed by atoms with Gasteiger partial charge in [0.1, 0.15) is 0 Å². The lowest BCUT2D eigenvalue weighted by molar-refractivity contribution is -0.147. The van der Waals surface area contributed by atoms with Crippen LogP contribution in [0.1, 0.15) is 24.0 Å². The summed E-state index contributed by atoms with van der Waals surface area (Å²) in [6.07, 6.45) is -0.144. The first kappa shape index (κ1) is 20.5. The molecule has 0 saturated heterocycles. The number of carbonyl (C=O) groups excluding carboxylic acids is 3. The van der Waals surface area contributed by atoms with E-state index in [1.807, 2.05) is 32.0 Å². The van der Waals surface area contributed by atoms with Crippen molar-refractivity contribution in [3.63, 3.8) is 0 Å². The largest absolute Gasteiger partial charge is 0.456 e. The highest BCUT2D eigenvalue weighted by Gasteiger charge is 2.13. The van der Waals surface area contributed by atoms with Crippen molar-refractivity contribution in [1.29, 1.82) is 0 Å². The van der Waals surface area contributed by atoms with Gasteiger partial charge in [-0.2, -0.15) is 0 Å². The van der Waals surface area contributed by atoms with Crippen LogP contribution >= 0.6 is 11.6 Å². The fourth-order valence-electron chi connectivity index (χ4n) is 2.40. The van der Waals surface area contributed by atoms with Crippen molar-refractivity contribution in [2.45, 2.75) is 26.7 Å². The highest BCUT2D eigenvalue weighted by Crippen LogP contribution is 2.20. The molecule has 2 rings (SSSR count). The Kier molecular flexibility index (Phi) is 7.37. The number of anilines is 2. The van der Waals surface area contributed by atoms with Crippen molar-refractivity contribution < 1.29 is 19.1 Å². The van der Waals surface area contributed by atoms with Gasteiger partial charge in [-0.25, -0.2) is 0 Å². The SMILES string of the molecule is Cc1cccc(C)c1NC(=O)CCC(=O)OCC(=O)Nc1ccccc1Cl. The molecule has 2 amide bonds. The van der Waals surface area contributed by atoms with E-state index in [1.165, 1.54) is 0 Å². The second-order valence-electron chi connectivity index (χ2n) is 6.00. The molecule has 0 aliphatic carbocycles. The number of benzene rings is 2. The fraction of sp³-hybridized carbons (Fsp3) is 0.250. The number of halogens is 1. The van der Waals surface area contributed by atoms with Gasteiger partial charge in [0.15, 0.2) is 6.61 Å². The van der Waals surface area contributed by atoms with E-state index in [0.717, 1.165) is 16.8 Å². The molecule has 0 spiro atoms. The molecule has 0 unspecified atom stereocenters. The lowest BCUT2D eigenvalue weighted by Gasteiger charge is -2.11. The maximum Gasteiger partial charge on any atom is 0.306 e. The molecule has 0 aromatic heterocycles. The molecule has 0 saturated carbocycles. The van der Waals surface area contributed by atoms with E-state index in [4.69, 9.17) is 16.3 Å². The van der Waals surface area contributed by atoms with Gasteiger partial charge in [0, 0.05) is 12.1 Å². The van der Waals surface area contributed by atoms with Gasteiger partial charge in [-0.15, -0.1) is 0 Å². The molecule has 6 nitrogen and oxygen atoms in total. The summed E-state index contributed by atoms with van der Waals surface area (Å²) in [7, 11) is 0. The van der Waals surface area contributed by atoms with Crippen molar-refractivity contribution >= 4 is 40.8 Å². The van der Waals surface area contributed by atoms with Crippen molar-refractivity contribution in [2.75, 3.05) is 17.2 Å². The molecule has 142 valence electrons. The maximum absolute atomic E-state index is 12.0. The third-order valence-electron chi connectivity index (χ3n) is 3.81. The van der Waals surface area contributed by atoms with Crippen molar-refractivity contribution in [1.82, 2.24) is 0 Å². The van der Waals surface area contributed by atoms with Crippen molar-refractivity contribution in [3.8, 4) is 0 Å². The van der Waals surface area contributed by atoms with Crippen LogP contribution in [0, 0.1) is 13.8 Å². The minimum atomic E-state index is -0.624. The molecular weight excluding hydrogens is 368 g/mol. The number of ether oxygens (including phenoxy) is 1. The van der Waals surface area contributed by atoms with Crippen LogP contribution in [0.5, 0.6) is 0 Å². The maximum atomic E-state index is 12.0. The predicted molar refractivity (Wildman–Crippen MR) is 105 cm³/mol. The Hall–Kier alpha value is -2.86.